The minimum absolute atomic E-state index is 0.0534. The van der Waals surface area contributed by atoms with Crippen molar-refractivity contribution in [3.8, 4) is 0 Å². The molecule has 28 heavy (non-hydrogen) atoms. The van der Waals surface area contributed by atoms with Crippen LogP contribution in [0.4, 0.5) is 0 Å². The highest BCUT2D eigenvalue weighted by molar-refractivity contribution is 7.89. The second kappa shape index (κ2) is 8.51. The van der Waals surface area contributed by atoms with E-state index in [1.54, 1.807) is 25.1 Å². The van der Waals surface area contributed by atoms with Crippen molar-refractivity contribution in [2.45, 2.75) is 42.5 Å². The summed E-state index contributed by atoms with van der Waals surface area (Å²) < 4.78 is 54.2. The fourth-order valence-corrected chi connectivity index (χ4v) is 5.84. The number of sulfonamides is 2. The fourth-order valence-electron chi connectivity index (χ4n) is 3.04. The second-order valence-electron chi connectivity index (χ2n) is 6.84. The highest BCUT2D eigenvalue weighted by atomic mass is 35.5. The van der Waals surface area contributed by atoms with Crippen molar-refractivity contribution in [3.05, 3.63) is 58.6 Å². The van der Waals surface area contributed by atoms with E-state index in [0.717, 1.165) is 24.8 Å². The summed E-state index contributed by atoms with van der Waals surface area (Å²) in [7, 11) is -7.21. The molecule has 1 fully saturated rings. The van der Waals surface area contributed by atoms with Crippen LogP contribution >= 0.6 is 11.6 Å². The highest BCUT2D eigenvalue weighted by Crippen LogP contribution is 2.22. The average Bonchev–Trinajstić information content (AvgIpc) is 2.69. The molecular weight excluding hydrogens is 420 g/mol. The molecule has 1 aliphatic heterocycles. The van der Waals surface area contributed by atoms with Gasteiger partial charge in [0.2, 0.25) is 20.0 Å². The number of nitrogens with one attached hydrogen (secondary N) is 1. The van der Waals surface area contributed by atoms with E-state index in [9.17, 15) is 16.8 Å². The molecule has 0 saturated carbocycles. The van der Waals surface area contributed by atoms with Gasteiger partial charge in [0, 0.05) is 24.7 Å². The summed E-state index contributed by atoms with van der Waals surface area (Å²) in [5.74, 6) is 0. The summed E-state index contributed by atoms with van der Waals surface area (Å²) in [5.41, 5.74) is 1.46. The predicted octanol–water partition coefficient (Wildman–Crippen LogP) is 3.30. The third-order valence-electron chi connectivity index (χ3n) is 4.80. The average molecular weight is 443 g/mol. The van der Waals surface area contributed by atoms with E-state index in [1.807, 2.05) is 0 Å². The minimum atomic E-state index is -3.71. The Bertz CT molecular complexity index is 1050. The monoisotopic (exact) mass is 442 g/mol. The molecule has 152 valence electrons. The van der Waals surface area contributed by atoms with Crippen LogP contribution in [-0.2, 0) is 26.6 Å². The number of hydrogen-bond acceptors (Lipinski definition) is 4. The lowest BCUT2D eigenvalue weighted by Gasteiger charge is -2.25. The van der Waals surface area contributed by atoms with Crippen LogP contribution < -0.4 is 4.72 Å². The highest BCUT2D eigenvalue weighted by Gasteiger charge is 2.25. The van der Waals surface area contributed by atoms with Gasteiger partial charge < -0.3 is 0 Å². The number of nitrogens with zero attached hydrogens (tertiary/aromatic N) is 1. The minimum Gasteiger partial charge on any atom is -0.207 e. The lowest BCUT2D eigenvalue weighted by Crippen LogP contribution is -2.35. The topological polar surface area (TPSA) is 83.5 Å². The summed E-state index contributed by atoms with van der Waals surface area (Å²) in [4.78, 5) is 0.318. The van der Waals surface area contributed by atoms with Crippen LogP contribution in [0.15, 0.2) is 52.3 Å². The van der Waals surface area contributed by atoms with Crippen LogP contribution in [0.2, 0.25) is 5.02 Å². The van der Waals surface area contributed by atoms with E-state index < -0.39 is 20.0 Å². The quantitative estimate of drug-likeness (QED) is 0.743. The Kier molecular flexibility index (Phi) is 6.46. The molecule has 0 bridgehead atoms. The third kappa shape index (κ3) is 4.75. The maximum absolute atomic E-state index is 12.7. The first-order chi connectivity index (χ1) is 13.2. The Labute approximate surface area is 171 Å². The van der Waals surface area contributed by atoms with Gasteiger partial charge in [-0.05, 0) is 55.2 Å². The van der Waals surface area contributed by atoms with Crippen LogP contribution in [0.1, 0.15) is 30.4 Å². The van der Waals surface area contributed by atoms with Crippen LogP contribution in [0.25, 0.3) is 0 Å². The third-order valence-corrected chi connectivity index (χ3v) is 8.52. The van der Waals surface area contributed by atoms with Crippen molar-refractivity contribution in [1.29, 1.82) is 0 Å². The first kappa shape index (κ1) is 21.3. The van der Waals surface area contributed by atoms with E-state index in [4.69, 9.17) is 11.6 Å². The van der Waals surface area contributed by atoms with Crippen molar-refractivity contribution in [3.63, 3.8) is 0 Å². The normalized spacial score (nSPS) is 16.2. The molecule has 9 heteroatoms. The zero-order valence-corrected chi connectivity index (χ0v) is 17.9. The number of hydrogen-bond donors (Lipinski definition) is 1. The molecule has 3 rings (SSSR count). The van der Waals surface area contributed by atoms with E-state index in [2.05, 4.69) is 4.72 Å². The SMILES string of the molecule is Cc1ccc(S(=O)(=O)NCc2ccc(S(=O)(=O)N3CCCCC3)cc2)cc1Cl. The lowest BCUT2D eigenvalue weighted by molar-refractivity contribution is 0.346. The maximum atomic E-state index is 12.7. The van der Waals surface area contributed by atoms with Crippen molar-refractivity contribution >= 4 is 31.6 Å². The Morgan fingerprint density at radius 2 is 1.54 bits per heavy atom. The maximum Gasteiger partial charge on any atom is 0.243 e. The van der Waals surface area contributed by atoms with Gasteiger partial charge in [-0.15, -0.1) is 0 Å². The molecule has 0 aliphatic carbocycles. The van der Waals surface area contributed by atoms with Crippen LogP contribution in [-0.4, -0.2) is 34.2 Å². The van der Waals surface area contributed by atoms with E-state index in [-0.39, 0.29) is 16.3 Å². The van der Waals surface area contributed by atoms with Gasteiger partial charge in [-0.25, -0.2) is 21.6 Å². The molecule has 0 atom stereocenters. The summed E-state index contributed by atoms with van der Waals surface area (Å²) in [6.45, 7) is 2.94. The number of benzene rings is 2. The van der Waals surface area contributed by atoms with Gasteiger partial charge in [0.15, 0.2) is 0 Å². The predicted molar refractivity (Wildman–Crippen MR) is 109 cm³/mol. The first-order valence-corrected chi connectivity index (χ1v) is 12.4. The van der Waals surface area contributed by atoms with E-state index in [1.165, 1.54) is 28.6 Å². The zero-order valence-electron chi connectivity index (χ0n) is 15.6. The standard InChI is InChI=1S/C19H23ClN2O4S2/c1-15-5-8-18(13-19(15)20)27(23,24)21-14-16-6-9-17(10-7-16)28(25,26)22-11-3-2-4-12-22/h5-10,13,21H,2-4,11-12,14H2,1H3. The molecule has 6 nitrogen and oxygen atoms in total. The fraction of sp³-hybridized carbons (Fsp3) is 0.368. The number of aryl methyl sites for hydroxylation is 1. The first-order valence-electron chi connectivity index (χ1n) is 9.05. The van der Waals surface area contributed by atoms with Crippen molar-refractivity contribution in [1.82, 2.24) is 9.03 Å². The van der Waals surface area contributed by atoms with Crippen LogP contribution in [0, 0.1) is 6.92 Å². The summed E-state index contributed by atoms with van der Waals surface area (Å²) >= 11 is 6.01. The molecule has 1 N–H and O–H groups in total. The van der Waals surface area contributed by atoms with Gasteiger partial charge in [0.25, 0.3) is 0 Å². The van der Waals surface area contributed by atoms with Gasteiger partial charge in [0.1, 0.15) is 0 Å². The second-order valence-corrected chi connectivity index (χ2v) is 11.0. The molecule has 2 aromatic carbocycles. The molecule has 0 unspecified atom stereocenters. The molecule has 1 aliphatic rings. The van der Waals surface area contributed by atoms with Crippen LogP contribution in [0.3, 0.4) is 0 Å². The number of halogens is 1. The lowest BCUT2D eigenvalue weighted by atomic mass is 10.2. The largest absolute Gasteiger partial charge is 0.243 e. The molecule has 0 amide bonds. The van der Waals surface area contributed by atoms with E-state index in [0.29, 0.717) is 23.7 Å². The Morgan fingerprint density at radius 3 is 2.14 bits per heavy atom. The number of piperidine rings is 1. The molecular formula is C19H23ClN2O4S2. The molecule has 0 aromatic heterocycles. The summed E-state index contributed by atoms with van der Waals surface area (Å²) in [6.07, 6.45) is 2.81. The Morgan fingerprint density at radius 1 is 0.929 bits per heavy atom. The smallest absolute Gasteiger partial charge is 0.207 e. The van der Waals surface area contributed by atoms with Crippen molar-refractivity contribution < 1.29 is 16.8 Å². The Balaban J connectivity index is 1.69. The molecule has 1 saturated heterocycles. The van der Waals surface area contributed by atoms with Gasteiger partial charge in [0.05, 0.1) is 9.79 Å². The molecule has 2 aromatic rings. The Hall–Kier alpha value is -1.45. The summed E-state index contributed by atoms with van der Waals surface area (Å²) in [5, 5.41) is 0.384. The molecule has 0 spiro atoms. The van der Waals surface area contributed by atoms with Gasteiger partial charge >= 0.3 is 0 Å². The zero-order chi connectivity index (χ0) is 20.4. The number of rotatable bonds is 6. The van der Waals surface area contributed by atoms with Crippen molar-refractivity contribution in [2.75, 3.05) is 13.1 Å². The molecule has 0 radical (unpaired) electrons. The van der Waals surface area contributed by atoms with Crippen LogP contribution in [0.5, 0.6) is 0 Å². The summed E-state index contributed by atoms with van der Waals surface area (Å²) in [6, 6.07) is 10.9. The van der Waals surface area contributed by atoms with Crippen molar-refractivity contribution in [2.24, 2.45) is 0 Å². The van der Waals surface area contributed by atoms with E-state index >= 15 is 0 Å². The van der Waals surface area contributed by atoms with Gasteiger partial charge in [-0.1, -0.05) is 36.2 Å². The van der Waals surface area contributed by atoms with Gasteiger partial charge in [-0.3, -0.25) is 0 Å². The molecule has 1 heterocycles. The van der Waals surface area contributed by atoms with Gasteiger partial charge in [-0.2, -0.15) is 4.31 Å².